The number of hydrogen-bond acceptors (Lipinski definition) is 3. The van der Waals surface area contributed by atoms with E-state index in [1.54, 1.807) is 18.2 Å². The Morgan fingerprint density at radius 3 is 2.07 bits per heavy atom. The smallest absolute Gasteiger partial charge is 0.264 e. The van der Waals surface area contributed by atoms with Crippen molar-refractivity contribution < 1.29 is 9.59 Å². The predicted octanol–water partition coefficient (Wildman–Crippen LogP) is 2.27. The monoisotopic (exact) mass is 381 g/mol. The summed E-state index contributed by atoms with van der Waals surface area (Å²) in [6, 6.07) is 26.1. The van der Waals surface area contributed by atoms with Gasteiger partial charge in [-0.25, -0.2) is 0 Å². The number of carbonyl (C=O) groups is 2. The van der Waals surface area contributed by atoms with Crippen molar-refractivity contribution in [2.24, 2.45) is 0 Å². The van der Waals surface area contributed by atoms with E-state index >= 15 is 0 Å². The molecule has 0 spiro atoms. The molecular weight excluding hydrogens is 361 g/mol. The first-order chi connectivity index (χ1) is 14.0. The SMILES string of the molecule is BC(=O)c1cccc(CN2C(=N)NC(c3ccccc3)(c3ccccc3)C2=O)c1. The van der Waals surface area contributed by atoms with Gasteiger partial charge >= 0.3 is 0 Å². The third-order valence-electron chi connectivity index (χ3n) is 5.23. The molecule has 1 fully saturated rings. The molecule has 0 atom stereocenters. The zero-order valence-electron chi connectivity index (χ0n) is 16.1. The molecule has 0 aliphatic carbocycles. The molecule has 3 aromatic carbocycles. The van der Waals surface area contributed by atoms with Crippen LogP contribution < -0.4 is 5.32 Å². The van der Waals surface area contributed by atoms with Crippen molar-refractivity contribution in [1.82, 2.24) is 10.2 Å². The predicted molar refractivity (Wildman–Crippen MR) is 114 cm³/mol. The number of rotatable bonds is 5. The molecule has 29 heavy (non-hydrogen) atoms. The van der Waals surface area contributed by atoms with Gasteiger partial charge in [-0.1, -0.05) is 78.9 Å². The molecule has 5 nitrogen and oxygen atoms in total. The van der Waals surface area contributed by atoms with Crippen molar-refractivity contribution in [3.05, 3.63) is 107 Å². The Morgan fingerprint density at radius 2 is 1.52 bits per heavy atom. The zero-order chi connectivity index (χ0) is 20.4. The van der Waals surface area contributed by atoms with Crippen LogP contribution in [0.4, 0.5) is 0 Å². The second-order valence-corrected chi connectivity index (χ2v) is 7.10. The Kier molecular flexibility index (Phi) is 4.76. The van der Waals surface area contributed by atoms with E-state index < -0.39 is 5.54 Å². The maximum absolute atomic E-state index is 13.7. The molecular formula is C23H20BN3O2. The number of nitrogens with zero attached hydrogens (tertiary/aromatic N) is 1. The fraction of sp³-hybridized carbons (Fsp3) is 0.0870. The minimum atomic E-state index is -1.15. The zero-order valence-corrected chi connectivity index (χ0v) is 16.1. The number of amides is 1. The summed E-state index contributed by atoms with van der Waals surface area (Å²) in [6.07, 6.45) is 0. The van der Waals surface area contributed by atoms with Crippen LogP contribution in [0.2, 0.25) is 0 Å². The van der Waals surface area contributed by atoms with Gasteiger partial charge in [0, 0.05) is 5.56 Å². The average Bonchev–Trinajstić information content (AvgIpc) is 3.01. The van der Waals surface area contributed by atoms with Gasteiger partial charge in [-0.3, -0.25) is 15.1 Å². The van der Waals surface area contributed by atoms with E-state index in [0.29, 0.717) is 5.56 Å². The van der Waals surface area contributed by atoms with Gasteiger partial charge in [0.25, 0.3) is 5.91 Å². The molecule has 2 N–H and O–H groups in total. The fourth-order valence-electron chi connectivity index (χ4n) is 3.76. The molecule has 4 rings (SSSR count). The number of benzene rings is 3. The second kappa shape index (κ2) is 7.39. The summed E-state index contributed by atoms with van der Waals surface area (Å²) in [4.78, 5) is 26.8. The highest BCUT2D eigenvalue weighted by molar-refractivity contribution is 6.62. The molecule has 142 valence electrons. The number of hydrogen-bond donors (Lipinski definition) is 2. The molecule has 0 radical (unpaired) electrons. The van der Waals surface area contributed by atoms with Crippen LogP contribution in [-0.4, -0.2) is 30.3 Å². The van der Waals surface area contributed by atoms with E-state index in [4.69, 9.17) is 5.41 Å². The summed E-state index contributed by atoms with van der Waals surface area (Å²) in [5.41, 5.74) is 1.76. The van der Waals surface area contributed by atoms with Crippen LogP contribution in [0.1, 0.15) is 27.0 Å². The van der Waals surface area contributed by atoms with Crippen LogP contribution in [0, 0.1) is 5.41 Å². The van der Waals surface area contributed by atoms with Crippen molar-refractivity contribution in [2.75, 3.05) is 0 Å². The minimum Gasteiger partial charge on any atom is -0.334 e. The van der Waals surface area contributed by atoms with Gasteiger partial charge in [0.15, 0.2) is 19.3 Å². The molecule has 0 saturated carbocycles. The van der Waals surface area contributed by atoms with Gasteiger partial charge in [0.05, 0.1) is 6.54 Å². The third kappa shape index (κ3) is 3.23. The Labute approximate surface area is 170 Å². The molecule has 1 heterocycles. The van der Waals surface area contributed by atoms with Gasteiger partial charge in [-0.2, -0.15) is 0 Å². The molecule has 1 aliphatic rings. The molecule has 0 aromatic heterocycles. The molecule has 1 saturated heterocycles. The standard InChI is InChI=1S/C23H20BN3O2/c24-20(28)17-9-7-8-16(14-17)15-27-21(29)23(26-22(27)25,18-10-3-1-4-11-18)19-12-5-2-6-13-19/h1-14H,15,24H2,(H2,25,26). The van der Waals surface area contributed by atoms with E-state index in [0.717, 1.165) is 16.7 Å². The molecule has 3 aromatic rings. The molecule has 0 bridgehead atoms. The van der Waals surface area contributed by atoms with Gasteiger partial charge in [-0.15, -0.1) is 0 Å². The van der Waals surface area contributed by atoms with E-state index in [2.05, 4.69) is 5.32 Å². The first-order valence-corrected chi connectivity index (χ1v) is 9.42. The van der Waals surface area contributed by atoms with Crippen LogP contribution in [0.25, 0.3) is 0 Å². The lowest BCUT2D eigenvalue weighted by molar-refractivity contribution is -0.130. The van der Waals surface area contributed by atoms with E-state index in [1.165, 1.54) is 12.7 Å². The summed E-state index contributed by atoms with van der Waals surface area (Å²) in [5.74, 6) is -0.177. The van der Waals surface area contributed by atoms with Crippen molar-refractivity contribution in [1.29, 1.82) is 5.41 Å². The summed E-state index contributed by atoms with van der Waals surface area (Å²) in [5, 5.41) is 11.7. The Morgan fingerprint density at radius 1 is 0.931 bits per heavy atom. The lowest BCUT2D eigenvalue weighted by atomic mass is 9.82. The van der Waals surface area contributed by atoms with E-state index in [-0.39, 0.29) is 24.1 Å². The quantitative estimate of drug-likeness (QED) is 0.666. The second-order valence-electron chi connectivity index (χ2n) is 7.10. The number of nitrogens with one attached hydrogen (secondary N) is 2. The van der Waals surface area contributed by atoms with Crippen LogP contribution in [0.5, 0.6) is 0 Å². The summed E-state index contributed by atoms with van der Waals surface area (Å²) >= 11 is 0. The Balaban J connectivity index is 1.76. The van der Waals surface area contributed by atoms with E-state index in [1.807, 2.05) is 66.7 Å². The largest absolute Gasteiger partial charge is 0.334 e. The van der Waals surface area contributed by atoms with Gasteiger partial charge in [0.1, 0.15) is 5.68 Å². The van der Waals surface area contributed by atoms with Crippen molar-refractivity contribution in [3.63, 3.8) is 0 Å². The van der Waals surface area contributed by atoms with Crippen molar-refractivity contribution in [2.45, 2.75) is 12.1 Å². The molecule has 0 unspecified atom stereocenters. The van der Waals surface area contributed by atoms with Gasteiger partial charge in [0.2, 0.25) is 0 Å². The number of carbonyl (C=O) groups excluding carboxylic acids is 2. The Hall–Kier alpha value is -3.67. The highest BCUT2D eigenvalue weighted by Crippen LogP contribution is 2.36. The minimum absolute atomic E-state index is 0.0317. The summed E-state index contributed by atoms with van der Waals surface area (Å²) < 4.78 is 0. The maximum atomic E-state index is 13.7. The topological polar surface area (TPSA) is 73.3 Å². The first-order valence-electron chi connectivity index (χ1n) is 9.42. The van der Waals surface area contributed by atoms with Crippen LogP contribution >= 0.6 is 0 Å². The lowest BCUT2D eigenvalue weighted by Gasteiger charge is -2.28. The number of guanidine groups is 1. The van der Waals surface area contributed by atoms with Crippen LogP contribution in [0.15, 0.2) is 84.9 Å². The van der Waals surface area contributed by atoms with Gasteiger partial charge < -0.3 is 10.1 Å². The average molecular weight is 381 g/mol. The highest BCUT2D eigenvalue weighted by Gasteiger charge is 2.52. The molecule has 1 amide bonds. The third-order valence-corrected chi connectivity index (χ3v) is 5.23. The molecule has 1 aliphatic heterocycles. The van der Waals surface area contributed by atoms with E-state index in [9.17, 15) is 9.59 Å². The fourth-order valence-corrected chi connectivity index (χ4v) is 3.76. The lowest BCUT2D eigenvalue weighted by Crippen LogP contribution is -2.45. The highest BCUT2D eigenvalue weighted by atomic mass is 16.2. The summed E-state index contributed by atoms with van der Waals surface area (Å²) in [7, 11) is 1.51. The van der Waals surface area contributed by atoms with Crippen molar-refractivity contribution in [3.8, 4) is 0 Å². The first kappa shape index (κ1) is 18.7. The summed E-state index contributed by atoms with van der Waals surface area (Å²) in [6.45, 7) is 0.215. The molecule has 6 heteroatoms. The van der Waals surface area contributed by atoms with Crippen LogP contribution in [0.3, 0.4) is 0 Å². The normalized spacial score (nSPS) is 15.2. The van der Waals surface area contributed by atoms with Crippen LogP contribution in [-0.2, 0) is 16.9 Å². The maximum Gasteiger partial charge on any atom is 0.264 e. The van der Waals surface area contributed by atoms with Crippen molar-refractivity contribution >= 4 is 25.4 Å². The Bertz CT molecular complexity index is 1040. The van der Waals surface area contributed by atoms with Gasteiger partial charge in [-0.05, 0) is 22.8 Å².